The molecule has 2 unspecified atom stereocenters. The Morgan fingerprint density at radius 2 is 1.93 bits per heavy atom. The van der Waals surface area contributed by atoms with Crippen molar-refractivity contribution in [3.05, 3.63) is 0 Å². The minimum Gasteiger partial charge on any atom is -0.459 e. The van der Waals surface area contributed by atoms with Crippen LogP contribution in [-0.2, 0) is 9.53 Å². The summed E-state index contributed by atoms with van der Waals surface area (Å²) < 4.78 is 5.24. The van der Waals surface area contributed by atoms with Gasteiger partial charge in [-0.05, 0) is 27.7 Å². The molecule has 0 aromatic heterocycles. The summed E-state index contributed by atoms with van der Waals surface area (Å²) in [5, 5.41) is 0.144. The van der Waals surface area contributed by atoms with E-state index in [1.807, 2.05) is 34.6 Å². The molecule has 0 heterocycles. The first-order chi connectivity index (χ1) is 6.26. The average molecular weight is 219 g/mol. The monoisotopic (exact) mass is 219 g/mol. The molecule has 0 aliphatic heterocycles. The van der Waals surface area contributed by atoms with Crippen molar-refractivity contribution in [2.75, 3.05) is 6.54 Å². The number of nitrogens with two attached hydrogens (primary N) is 1. The maximum Gasteiger partial charge on any atom is 0.319 e. The van der Waals surface area contributed by atoms with Gasteiger partial charge in [-0.2, -0.15) is 0 Å². The van der Waals surface area contributed by atoms with Crippen molar-refractivity contribution in [2.24, 2.45) is 5.73 Å². The molecule has 0 aromatic rings. The number of esters is 1. The molecule has 0 fully saturated rings. The van der Waals surface area contributed by atoms with Gasteiger partial charge in [0.2, 0.25) is 0 Å². The third kappa shape index (κ3) is 6.27. The highest BCUT2D eigenvalue weighted by Gasteiger charge is 2.23. The van der Waals surface area contributed by atoms with Gasteiger partial charge in [-0.3, -0.25) is 4.79 Å². The first kappa shape index (κ1) is 13.8. The van der Waals surface area contributed by atoms with Crippen LogP contribution in [0.4, 0.5) is 0 Å². The fraction of sp³-hybridized carbons (Fsp3) is 0.900. The van der Waals surface area contributed by atoms with E-state index < -0.39 is 5.60 Å². The molecule has 4 heteroatoms. The second-order valence-electron chi connectivity index (χ2n) is 4.36. The topological polar surface area (TPSA) is 52.3 Å². The van der Waals surface area contributed by atoms with Gasteiger partial charge in [0, 0.05) is 11.8 Å². The summed E-state index contributed by atoms with van der Waals surface area (Å²) in [4.78, 5) is 11.5. The number of hydrogen-bond donors (Lipinski definition) is 1. The fourth-order valence-corrected chi connectivity index (χ4v) is 1.81. The number of hydrogen-bond acceptors (Lipinski definition) is 4. The van der Waals surface area contributed by atoms with E-state index in [9.17, 15) is 4.79 Å². The molecule has 2 atom stereocenters. The number of carbonyl (C=O) groups excluding carboxylic acids is 1. The Morgan fingerprint density at radius 1 is 1.43 bits per heavy atom. The zero-order valence-corrected chi connectivity index (χ0v) is 10.5. The summed E-state index contributed by atoms with van der Waals surface area (Å²) in [6, 6.07) is 0. The quantitative estimate of drug-likeness (QED) is 0.733. The van der Waals surface area contributed by atoms with Crippen LogP contribution < -0.4 is 5.73 Å². The molecule has 0 aliphatic carbocycles. The van der Waals surface area contributed by atoms with E-state index >= 15 is 0 Å². The Hall–Kier alpha value is -0.220. The van der Waals surface area contributed by atoms with Gasteiger partial charge in [0.15, 0.2) is 0 Å². The van der Waals surface area contributed by atoms with E-state index in [0.29, 0.717) is 6.54 Å². The van der Waals surface area contributed by atoms with Crippen LogP contribution >= 0.6 is 11.8 Å². The molecule has 14 heavy (non-hydrogen) atoms. The van der Waals surface area contributed by atoms with E-state index in [2.05, 4.69) is 0 Å². The van der Waals surface area contributed by atoms with Crippen molar-refractivity contribution in [1.82, 2.24) is 0 Å². The van der Waals surface area contributed by atoms with Crippen LogP contribution in [0.2, 0.25) is 0 Å². The van der Waals surface area contributed by atoms with Gasteiger partial charge >= 0.3 is 5.97 Å². The Balaban J connectivity index is 4.00. The molecule has 0 amide bonds. The number of thioether (sulfide) groups is 1. The lowest BCUT2D eigenvalue weighted by Crippen LogP contribution is -2.30. The molecule has 0 aliphatic rings. The van der Waals surface area contributed by atoms with E-state index in [-0.39, 0.29) is 16.5 Å². The molecule has 2 N–H and O–H groups in total. The van der Waals surface area contributed by atoms with E-state index in [1.165, 1.54) is 0 Å². The highest BCUT2D eigenvalue weighted by Crippen LogP contribution is 2.20. The molecule has 0 bridgehead atoms. The lowest BCUT2D eigenvalue weighted by molar-refractivity contribution is -0.153. The van der Waals surface area contributed by atoms with Crippen molar-refractivity contribution in [3.63, 3.8) is 0 Å². The Kier molecular flexibility index (Phi) is 5.52. The minimum atomic E-state index is -0.405. The second-order valence-corrected chi connectivity index (χ2v) is 6.14. The zero-order valence-electron chi connectivity index (χ0n) is 9.66. The molecule has 0 rings (SSSR count). The molecule has 0 saturated heterocycles. The third-order valence-corrected chi connectivity index (χ3v) is 2.76. The summed E-state index contributed by atoms with van der Waals surface area (Å²) in [6.07, 6.45) is 0. The molecule has 0 saturated carbocycles. The standard InChI is InChI=1S/C10H21NO2S/c1-7(6-11)14-8(2)9(12)13-10(3,4)5/h7-8H,6,11H2,1-5H3. The van der Waals surface area contributed by atoms with Crippen molar-refractivity contribution < 1.29 is 9.53 Å². The molecule has 0 aromatic carbocycles. The maximum absolute atomic E-state index is 11.5. The van der Waals surface area contributed by atoms with Gasteiger partial charge in [-0.25, -0.2) is 0 Å². The van der Waals surface area contributed by atoms with Crippen molar-refractivity contribution in [2.45, 2.75) is 50.7 Å². The van der Waals surface area contributed by atoms with Crippen molar-refractivity contribution in [3.8, 4) is 0 Å². The zero-order chi connectivity index (χ0) is 11.4. The first-order valence-electron chi connectivity index (χ1n) is 4.84. The van der Waals surface area contributed by atoms with E-state index in [0.717, 1.165) is 0 Å². The molecule has 0 radical (unpaired) electrons. The molecule has 3 nitrogen and oxygen atoms in total. The van der Waals surface area contributed by atoms with Crippen LogP contribution in [0.5, 0.6) is 0 Å². The fourth-order valence-electron chi connectivity index (χ4n) is 0.844. The van der Waals surface area contributed by atoms with Crippen LogP contribution in [0.1, 0.15) is 34.6 Å². The SMILES string of the molecule is CC(CN)SC(C)C(=O)OC(C)(C)C. The van der Waals surface area contributed by atoms with E-state index in [4.69, 9.17) is 10.5 Å². The second kappa shape index (κ2) is 5.61. The van der Waals surface area contributed by atoms with Crippen molar-refractivity contribution >= 4 is 17.7 Å². The Bertz CT molecular complexity index is 189. The number of ether oxygens (including phenoxy) is 1. The van der Waals surface area contributed by atoms with Crippen molar-refractivity contribution in [1.29, 1.82) is 0 Å². The van der Waals surface area contributed by atoms with Crippen LogP contribution in [0.25, 0.3) is 0 Å². The normalized spacial score (nSPS) is 16.1. The summed E-state index contributed by atoms with van der Waals surface area (Å²) in [6.45, 7) is 10.0. The number of rotatable bonds is 4. The maximum atomic E-state index is 11.5. The average Bonchev–Trinajstić information content (AvgIpc) is 2.00. The van der Waals surface area contributed by atoms with Crippen LogP contribution in [0.3, 0.4) is 0 Å². The van der Waals surface area contributed by atoms with E-state index in [1.54, 1.807) is 11.8 Å². The third-order valence-electron chi connectivity index (χ3n) is 1.51. The summed E-state index contributed by atoms with van der Waals surface area (Å²) in [5.41, 5.74) is 5.07. The van der Waals surface area contributed by atoms with Gasteiger partial charge in [0.25, 0.3) is 0 Å². The predicted octanol–water partition coefficient (Wildman–Crippen LogP) is 1.80. The molecular formula is C10H21NO2S. The minimum absolute atomic E-state index is 0.146. The van der Waals surface area contributed by atoms with Crippen LogP contribution in [-0.4, -0.2) is 28.6 Å². The van der Waals surface area contributed by atoms with Crippen LogP contribution in [0.15, 0.2) is 0 Å². The Morgan fingerprint density at radius 3 is 2.29 bits per heavy atom. The molecule has 84 valence electrons. The lowest BCUT2D eigenvalue weighted by Gasteiger charge is -2.23. The highest BCUT2D eigenvalue weighted by molar-refractivity contribution is 8.01. The van der Waals surface area contributed by atoms with Gasteiger partial charge in [0.05, 0.1) is 5.25 Å². The lowest BCUT2D eigenvalue weighted by atomic mass is 10.2. The molecular weight excluding hydrogens is 198 g/mol. The van der Waals surface area contributed by atoms with Gasteiger partial charge < -0.3 is 10.5 Å². The number of carbonyl (C=O) groups is 1. The first-order valence-corrected chi connectivity index (χ1v) is 5.79. The smallest absolute Gasteiger partial charge is 0.319 e. The predicted molar refractivity (Wildman–Crippen MR) is 61.4 cm³/mol. The Labute approximate surface area is 90.8 Å². The van der Waals surface area contributed by atoms with Gasteiger partial charge in [0.1, 0.15) is 5.60 Å². The van der Waals surface area contributed by atoms with Gasteiger partial charge in [-0.1, -0.05) is 6.92 Å². The summed E-state index contributed by atoms with van der Waals surface area (Å²) in [7, 11) is 0. The van der Waals surface area contributed by atoms with Gasteiger partial charge in [-0.15, -0.1) is 11.8 Å². The van der Waals surface area contributed by atoms with Crippen LogP contribution in [0, 0.1) is 0 Å². The molecule has 0 spiro atoms. The summed E-state index contributed by atoms with van der Waals surface area (Å²) in [5.74, 6) is -0.164. The largest absolute Gasteiger partial charge is 0.459 e. The highest BCUT2D eigenvalue weighted by atomic mass is 32.2. The summed E-state index contributed by atoms with van der Waals surface area (Å²) >= 11 is 1.55.